The monoisotopic (exact) mass is 355 g/mol. The lowest BCUT2D eigenvalue weighted by molar-refractivity contribution is -0.137. The highest BCUT2D eigenvalue weighted by Gasteiger charge is 2.48. The Morgan fingerprint density at radius 2 is 2.23 bits per heavy atom. The summed E-state index contributed by atoms with van der Waals surface area (Å²) in [6, 6.07) is 1.98. The fourth-order valence-electron chi connectivity index (χ4n) is 3.67. The summed E-state index contributed by atoms with van der Waals surface area (Å²) < 4.78 is 0. The van der Waals surface area contributed by atoms with Crippen LogP contribution >= 0.6 is 0 Å². The standard InChI is InChI=1S/C18H25N7O/c1-10-4-8-25(17(26)18(2)5-6-18)9-12(10)22-13-11-3-7-21-16(11)24-23-14(13)15(19)20/h3,7,10,12H,4-6,8-9H2,1-2H3,(H3,19,20)(H2,21,22,24). The number of hydrogen-bond donors (Lipinski definition) is 4. The van der Waals surface area contributed by atoms with Gasteiger partial charge in [-0.3, -0.25) is 10.2 Å². The summed E-state index contributed by atoms with van der Waals surface area (Å²) in [6.45, 7) is 5.71. The van der Waals surface area contributed by atoms with Crippen molar-refractivity contribution >= 4 is 28.5 Å². The smallest absolute Gasteiger partial charge is 0.228 e. The van der Waals surface area contributed by atoms with Gasteiger partial charge < -0.3 is 20.9 Å². The zero-order valence-electron chi connectivity index (χ0n) is 15.2. The van der Waals surface area contributed by atoms with E-state index in [2.05, 4.69) is 34.3 Å². The third-order valence-corrected chi connectivity index (χ3v) is 5.83. The lowest BCUT2D eigenvalue weighted by Crippen LogP contribution is -2.51. The summed E-state index contributed by atoms with van der Waals surface area (Å²) in [4.78, 5) is 17.8. The molecule has 0 aromatic carbocycles. The zero-order chi connectivity index (χ0) is 18.5. The highest BCUT2D eigenvalue weighted by Crippen LogP contribution is 2.47. The number of amides is 1. The summed E-state index contributed by atoms with van der Waals surface area (Å²) in [5.74, 6) is 0.542. The van der Waals surface area contributed by atoms with Crippen LogP contribution < -0.4 is 11.1 Å². The SMILES string of the molecule is CC1CCN(C(=O)C2(C)CC2)CC1Nc1c(C(=N)N)nnc2[nH]ccc12. The van der Waals surface area contributed by atoms with Crippen LogP contribution in [0.1, 0.15) is 38.8 Å². The molecule has 2 aliphatic rings. The van der Waals surface area contributed by atoms with Crippen LogP contribution in [0.15, 0.2) is 12.3 Å². The predicted octanol–water partition coefficient (Wildman–Crippen LogP) is 1.69. The number of nitrogens with zero attached hydrogens (tertiary/aromatic N) is 3. The van der Waals surface area contributed by atoms with Gasteiger partial charge in [-0.05, 0) is 31.2 Å². The number of amidine groups is 1. The van der Waals surface area contributed by atoms with Gasteiger partial charge in [0.1, 0.15) is 5.84 Å². The van der Waals surface area contributed by atoms with E-state index in [0.29, 0.717) is 29.5 Å². The first-order chi connectivity index (χ1) is 12.4. The van der Waals surface area contributed by atoms with Gasteiger partial charge in [0.15, 0.2) is 11.3 Å². The highest BCUT2D eigenvalue weighted by molar-refractivity contribution is 6.05. The zero-order valence-corrected chi connectivity index (χ0v) is 15.2. The molecule has 1 amide bonds. The topological polar surface area (TPSA) is 124 Å². The maximum Gasteiger partial charge on any atom is 0.228 e. The fraction of sp³-hybridized carbons (Fsp3) is 0.556. The molecule has 1 aliphatic heterocycles. The molecule has 3 heterocycles. The average Bonchev–Trinajstić information content (AvgIpc) is 3.18. The minimum Gasteiger partial charge on any atom is -0.382 e. The van der Waals surface area contributed by atoms with Crippen molar-refractivity contribution in [1.29, 1.82) is 5.41 Å². The molecule has 8 nitrogen and oxygen atoms in total. The van der Waals surface area contributed by atoms with Gasteiger partial charge in [-0.1, -0.05) is 13.8 Å². The van der Waals surface area contributed by atoms with Crippen molar-refractivity contribution < 1.29 is 4.79 Å². The number of nitrogen functional groups attached to an aromatic ring is 1. The number of carbonyl (C=O) groups is 1. The number of carbonyl (C=O) groups excluding carboxylic acids is 1. The number of rotatable bonds is 4. The lowest BCUT2D eigenvalue weighted by Gasteiger charge is -2.39. The third kappa shape index (κ3) is 2.79. The van der Waals surface area contributed by atoms with Crippen LogP contribution in [-0.4, -0.2) is 51.0 Å². The number of fused-ring (bicyclic) bond motifs is 1. The Hall–Kier alpha value is -2.64. The maximum absolute atomic E-state index is 12.7. The van der Waals surface area contributed by atoms with Gasteiger partial charge in [0.2, 0.25) is 5.91 Å². The van der Waals surface area contributed by atoms with E-state index in [9.17, 15) is 4.79 Å². The van der Waals surface area contributed by atoms with E-state index in [4.69, 9.17) is 11.1 Å². The molecule has 0 spiro atoms. The Labute approximate surface area is 152 Å². The number of anilines is 1. The van der Waals surface area contributed by atoms with Gasteiger partial charge >= 0.3 is 0 Å². The van der Waals surface area contributed by atoms with E-state index < -0.39 is 0 Å². The molecule has 1 saturated heterocycles. The molecule has 2 aromatic rings. The average molecular weight is 355 g/mol. The molecular formula is C18H25N7O. The second-order valence-electron chi connectivity index (χ2n) is 7.91. The summed E-state index contributed by atoms with van der Waals surface area (Å²) in [6.07, 6.45) is 4.72. The van der Waals surface area contributed by atoms with E-state index in [0.717, 1.165) is 31.2 Å². The molecule has 1 aliphatic carbocycles. The minimum atomic E-state index is -0.151. The first-order valence-corrected chi connectivity index (χ1v) is 9.13. The third-order valence-electron chi connectivity index (χ3n) is 5.83. The van der Waals surface area contributed by atoms with Crippen molar-refractivity contribution in [3.05, 3.63) is 18.0 Å². The molecule has 4 rings (SSSR count). The van der Waals surface area contributed by atoms with Gasteiger partial charge in [-0.15, -0.1) is 10.2 Å². The van der Waals surface area contributed by atoms with Gasteiger partial charge in [0, 0.05) is 36.1 Å². The first kappa shape index (κ1) is 16.8. The van der Waals surface area contributed by atoms with Gasteiger partial charge in [-0.25, -0.2) is 0 Å². The van der Waals surface area contributed by atoms with Gasteiger partial charge in [0.05, 0.1) is 5.69 Å². The van der Waals surface area contributed by atoms with Crippen LogP contribution in [-0.2, 0) is 4.79 Å². The summed E-state index contributed by atoms with van der Waals surface area (Å²) in [5, 5.41) is 20.4. The Morgan fingerprint density at radius 3 is 2.92 bits per heavy atom. The quantitative estimate of drug-likeness (QED) is 0.491. The predicted molar refractivity (Wildman–Crippen MR) is 100 cm³/mol. The normalized spacial score (nSPS) is 24.5. The van der Waals surface area contributed by atoms with Crippen molar-refractivity contribution in [1.82, 2.24) is 20.1 Å². The number of hydrogen-bond acceptors (Lipinski definition) is 5. The van der Waals surface area contributed by atoms with Crippen molar-refractivity contribution in [3.63, 3.8) is 0 Å². The van der Waals surface area contributed by atoms with E-state index in [1.54, 1.807) is 6.20 Å². The first-order valence-electron chi connectivity index (χ1n) is 9.13. The largest absolute Gasteiger partial charge is 0.382 e. The summed E-state index contributed by atoms with van der Waals surface area (Å²) in [5.41, 5.74) is 7.29. The fourth-order valence-corrected chi connectivity index (χ4v) is 3.67. The van der Waals surface area contributed by atoms with E-state index in [1.165, 1.54) is 0 Å². The van der Waals surface area contributed by atoms with Crippen LogP contribution in [0.4, 0.5) is 5.69 Å². The molecule has 1 saturated carbocycles. The number of aromatic nitrogens is 3. The summed E-state index contributed by atoms with van der Waals surface area (Å²) >= 11 is 0. The van der Waals surface area contributed by atoms with E-state index in [-0.39, 0.29) is 23.2 Å². The van der Waals surface area contributed by atoms with E-state index in [1.807, 2.05) is 11.0 Å². The second kappa shape index (κ2) is 5.96. The molecule has 2 atom stereocenters. The highest BCUT2D eigenvalue weighted by atomic mass is 16.2. The van der Waals surface area contributed by atoms with Crippen molar-refractivity contribution in [2.75, 3.05) is 18.4 Å². The number of nitrogens with one attached hydrogen (secondary N) is 3. The van der Waals surface area contributed by atoms with Gasteiger partial charge in [-0.2, -0.15) is 0 Å². The number of likely N-dealkylation sites (tertiary alicyclic amines) is 1. The van der Waals surface area contributed by atoms with Crippen LogP contribution in [0.3, 0.4) is 0 Å². The van der Waals surface area contributed by atoms with Crippen LogP contribution in [0.2, 0.25) is 0 Å². The molecule has 2 aromatic heterocycles. The van der Waals surface area contributed by atoms with Crippen molar-refractivity contribution in [3.8, 4) is 0 Å². The van der Waals surface area contributed by atoms with Crippen LogP contribution in [0.25, 0.3) is 11.0 Å². The molecule has 2 unspecified atom stereocenters. The molecule has 138 valence electrons. The Morgan fingerprint density at radius 1 is 1.46 bits per heavy atom. The maximum atomic E-state index is 12.7. The Balaban J connectivity index is 1.62. The van der Waals surface area contributed by atoms with Gasteiger partial charge in [0.25, 0.3) is 0 Å². The molecule has 0 bridgehead atoms. The van der Waals surface area contributed by atoms with Crippen molar-refractivity contribution in [2.24, 2.45) is 17.1 Å². The minimum absolute atomic E-state index is 0.0791. The number of H-pyrrole nitrogens is 1. The molecule has 2 fully saturated rings. The Bertz CT molecular complexity index is 870. The molecule has 8 heteroatoms. The molecular weight excluding hydrogens is 330 g/mol. The Kier molecular flexibility index (Phi) is 3.86. The van der Waals surface area contributed by atoms with E-state index >= 15 is 0 Å². The lowest BCUT2D eigenvalue weighted by atomic mass is 9.91. The van der Waals surface area contributed by atoms with Crippen LogP contribution in [0.5, 0.6) is 0 Å². The number of nitrogens with two attached hydrogens (primary N) is 1. The molecule has 0 radical (unpaired) electrons. The molecule has 5 N–H and O–H groups in total. The number of piperidine rings is 1. The molecule has 26 heavy (non-hydrogen) atoms. The van der Waals surface area contributed by atoms with Crippen molar-refractivity contribution in [2.45, 2.75) is 39.2 Å². The number of aromatic amines is 1. The van der Waals surface area contributed by atoms with Crippen LogP contribution in [0, 0.1) is 16.7 Å². The second-order valence-corrected chi connectivity index (χ2v) is 7.91. The summed E-state index contributed by atoms with van der Waals surface area (Å²) in [7, 11) is 0.